The number of hydrogen-bond acceptors (Lipinski definition) is 5. The zero-order chi connectivity index (χ0) is 12.3. The Labute approximate surface area is 101 Å². The number of nitrogens with zero attached hydrogens (tertiary/aromatic N) is 3. The van der Waals surface area contributed by atoms with Gasteiger partial charge in [-0.15, -0.1) is 0 Å². The Kier molecular flexibility index (Phi) is 3.15. The maximum atomic E-state index is 11.0. The topological polar surface area (TPSA) is 88.0 Å². The van der Waals surface area contributed by atoms with E-state index in [0.29, 0.717) is 11.4 Å². The van der Waals surface area contributed by atoms with Gasteiger partial charge in [-0.05, 0) is 12.1 Å². The van der Waals surface area contributed by atoms with Crippen LogP contribution in [0.1, 0.15) is 10.5 Å². The van der Waals surface area contributed by atoms with Gasteiger partial charge in [-0.1, -0.05) is 11.6 Å². The molecule has 86 valence electrons. The molecule has 0 radical (unpaired) electrons. The summed E-state index contributed by atoms with van der Waals surface area (Å²) in [5, 5.41) is 12.0. The predicted molar refractivity (Wildman–Crippen MR) is 61.5 cm³/mol. The van der Waals surface area contributed by atoms with E-state index in [2.05, 4.69) is 20.3 Å². The lowest BCUT2D eigenvalue weighted by atomic mass is 10.3. The maximum Gasteiger partial charge on any atom is 0.356 e. The van der Waals surface area contributed by atoms with Crippen LogP contribution in [0, 0.1) is 0 Å². The Bertz CT molecular complexity index is 547. The van der Waals surface area contributed by atoms with Crippen molar-refractivity contribution in [3.05, 3.63) is 41.7 Å². The fourth-order valence-electron chi connectivity index (χ4n) is 1.22. The third-order valence-corrected chi connectivity index (χ3v) is 2.11. The number of halogens is 1. The smallest absolute Gasteiger partial charge is 0.356 e. The first-order valence-corrected chi connectivity index (χ1v) is 4.96. The molecule has 2 rings (SSSR count). The lowest BCUT2D eigenvalue weighted by molar-refractivity contribution is 0.0691. The van der Waals surface area contributed by atoms with Gasteiger partial charge in [-0.2, -0.15) is 0 Å². The van der Waals surface area contributed by atoms with Crippen LogP contribution in [0.3, 0.4) is 0 Å². The molecule has 2 heterocycles. The van der Waals surface area contributed by atoms with Gasteiger partial charge in [0, 0.05) is 0 Å². The van der Waals surface area contributed by atoms with E-state index in [1.807, 2.05) is 0 Å². The number of pyridine rings is 1. The van der Waals surface area contributed by atoms with E-state index in [-0.39, 0.29) is 10.8 Å². The highest BCUT2D eigenvalue weighted by Crippen LogP contribution is 2.20. The van der Waals surface area contributed by atoms with Crippen molar-refractivity contribution in [1.82, 2.24) is 15.0 Å². The van der Waals surface area contributed by atoms with Crippen LogP contribution in [-0.4, -0.2) is 26.0 Å². The summed E-state index contributed by atoms with van der Waals surface area (Å²) in [6.07, 6.45) is 4.42. The monoisotopic (exact) mass is 250 g/mol. The number of nitrogens with one attached hydrogen (secondary N) is 1. The molecule has 0 aliphatic carbocycles. The van der Waals surface area contributed by atoms with Crippen molar-refractivity contribution < 1.29 is 9.90 Å². The molecule has 0 saturated heterocycles. The summed E-state index contributed by atoms with van der Waals surface area (Å²) in [7, 11) is 0. The summed E-state index contributed by atoms with van der Waals surface area (Å²) >= 11 is 5.64. The summed E-state index contributed by atoms with van der Waals surface area (Å²) in [6.45, 7) is 0. The largest absolute Gasteiger partial charge is 0.476 e. The highest BCUT2D eigenvalue weighted by Gasteiger charge is 2.12. The fourth-order valence-corrected chi connectivity index (χ4v) is 1.37. The molecule has 0 bridgehead atoms. The average molecular weight is 251 g/mol. The van der Waals surface area contributed by atoms with E-state index in [1.54, 1.807) is 0 Å². The molecule has 6 nitrogen and oxygen atoms in total. The highest BCUT2D eigenvalue weighted by molar-refractivity contribution is 6.29. The Morgan fingerprint density at radius 2 is 2.00 bits per heavy atom. The van der Waals surface area contributed by atoms with Gasteiger partial charge in [0.15, 0.2) is 5.69 Å². The van der Waals surface area contributed by atoms with Crippen LogP contribution < -0.4 is 5.32 Å². The summed E-state index contributed by atoms with van der Waals surface area (Å²) < 4.78 is 0. The van der Waals surface area contributed by atoms with Crippen molar-refractivity contribution in [3.63, 3.8) is 0 Å². The molecule has 0 aliphatic heterocycles. The number of rotatable bonds is 3. The van der Waals surface area contributed by atoms with E-state index < -0.39 is 5.97 Å². The van der Waals surface area contributed by atoms with Crippen LogP contribution in [0.25, 0.3) is 0 Å². The molecule has 0 aromatic carbocycles. The summed E-state index contributed by atoms with van der Waals surface area (Å²) in [6, 6.07) is 3.03. The van der Waals surface area contributed by atoms with E-state index in [0.717, 1.165) is 0 Å². The van der Waals surface area contributed by atoms with Gasteiger partial charge in [-0.3, -0.25) is 0 Å². The second-order valence-electron chi connectivity index (χ2n) is 3.09. The standard InChI is InChI=1S/C10H7ClN4O2/c11-8-2-1-7(9(15-8)10(16)17)14-6-3-12-5-13-4-6/h1-5,14H,(H,16,17). The van der Waals surface area contributed by atoms with E-state index in [1.165, 1.54) is 30.9 Å². The van der Waals surface area contributed by atoms with E-state index in [4.69, 9.17) is 16.7 Å². The molecule has 7 heteroatoms. The van der Waals surface area contributed by atoms with E-state index in [9.17, 15) is 4.79 Å². The highest BCUT2D eigenvalue weighted by atomic mass is 35.5. The quantitative estimate of drug-likeness (QED) is 0.810. The second-order valence-corrected chi connectivity index (χ2v) is 3.47. The van der Waals surface area contributed by atoms with Crippen molar-refractivity contribution in [2.45, 2.75) is 0 Å². The first kappa shape index (κ1) is 11.3. The summed E-state index contributed by atoms with van der Waals surface area (Å²) in [5.74, 6) is -1.16. The molecule has 0 aliphatic rings. The Morgan fingerprint density at radius 3 is 2.65 bits per heavy atom. The van der Waals surface area contributed by atoms with Gasteiger partial charge in [0.05, 0.1) is 23.8 Å². The molecule has 17 heavy (non-hydrogen) atoms. The zero-order valence-corrected chi connectivity index (χ0v) is 9.22. The van der Waals surface area contributed by atoms with Crippen LogP contribution in [0.2, 0.25) is 5.15 Å². The number of carboxylic acid groups (broad SMARTS) is 1. The van der Waals surface area contributed by atoms with Crippen molar-refractivity contribution in [2.24, 2.45) is 0 Å². The SMILES string of the molecule is O=C(O)c1nc(Cl)ccc1Nc1cncnc1. The van der Waals surface area contributed by atoms with Crippen LogP contribution in [0.5, 0.6) is 0 Å². The molecule has 0 amide bonds. The third kappa shape index (κ3) is 2.67. The minimum atomic E-state index is -1.16. The molecule has 2 aromatic rings. The molecule has 0 atom stereocenters. The fraction of sp³-hybridized carbons (Fsp3) is 0. The zero-order valence-electron chi connectivity index (χ0n) is 8.46. The lowest BCUT2D eigenvalue weighted by Gasteiger charge is -2.07. The molecular formula is C10H7ClN4O2. The minimum absolute atomic E-state index is 0.122. The van der Waals surface area contributed by atoms with Gasteiger partial charge < -0.3 is 10.4 Å². The van der Waals surface area contributed by atoms with Gasteiger partial charge in [0.2, 0.25) is 0 Å². The van der Waals surface area contributed by atoms with Gasteiger partial charge in [0.1, 0.15) is 11.5 Å². The van der Waals surface area contributed by atoms with Crippen LogP contribution in [0.15, 0.2) is 30.9 Å². The predicted octanol–water partition coefficient (Wildman–Crippen LogP) is 1.97. The number of carboxylic acids is 1. The molecule has 0 saturated carbocycles. The lowest BCUT2D eigenvalue weighted by Crippen LogP contribution is -2.06. The summed E-state index contributed by atoms with van der Waals surface area (Å²) in [4.78, 5) is 22.3. The van der Waals surface area contributed by atoms with Crippen LogP contribution in [0.4, 0.5) is 11.4 Å². The first-order valence-electron chi connectivity index (χ1n) is 4.58. The summed E-state index contributed by atoms with van der Waals surface area (Å²) in [5.41, 5.74) is 0.747. The number of aromatic nitrogens is 3. The number of hydrogen-bond donors (Lipinski definition) is 2. The number of aromatic carboxylic acids is 1. The third-order valence-electron chi connectivity index (χ3n) is 1.90. The molecule has 2 aromatic heterocycles. The molecule has 2 N–H and O–H groups in total. The second kappa shape index (κ2) is 4.75. The van der Waals surface area contributed by atoms with Gasteiger partial charge in [-0.25, -0.2) is 19.7 Å². The van der Waals surface area contributed by atoms with Crippen molar-refractivity contribution in [1.29, 1.82) is 0 Å². The maximum absolute atomic E-state index is 11.0. The average Bonchev–Trinajstić information content (AvgIpc) is 2.32. The Morgan fingerprint density at radius 1 is 1.29 bits per heavy atom. The Hall–Kier alpha value is -2.21. The van der Waals surface area contributed by atoms with Gasteiger partial charge in [0.25, 0.3) is 0 Å². The van der Waals surface area contributed by atoms with Crippen molar-refractivity contribution >= 4 is 28.9 Å². The Balaban J connectivity index is 2.36. The van der Waals surface area contributed by atoms with Crippen molar-refractivity contribution in [3.8, 4) is 0 Å². The first-order chi connectivity index (χ1) is 8.16. The molecular weight excluding hydrogens is 244 g/mol. The normalized spacial score (nSPS) is 9.94. The van der Waals surface area contributed by atoms with Gasteiger partial charge >= 0.3 is 5.97 Å². The van der Waals surface area contributed by atoms with E-state index >= 15 is 0 Å². The molecule has 0 spiro atoms. The molecule has 0 unspecified atom stereocenters. The van der Waals surface area contributed by atoms with Crippen LogP contribution in [-0.2, 0) is 0 Å². The minimum Gasteiger partial charge on any atom is -0.476 e. The van der Waals surface area contributed by atoms with Crippen molar-refractivity contribution in [2.75, 3.05) is 5.32 Å². The van der Waals surface area contributed by atoms with Crippen LogP contribution >= 0.6 is 11.6 Å². The number of carbonyl (C=O) groups is 1. The number of anilines is 2. The molecule has 0 fully saturated rings.